The number of Topliss-reactive ketones (excluding diaryl/α,β-unsaturated/α-hetero) is 1. The van der Waals surface area contributed by atoms with Crippen LogP contribution in [0.4, 0.5) is 5.69 Å². The lowest BCUT2D eigenvalue weighted by atomic mass is 10.1. The van der Waals surface area contributed by atoms with Gasteiger partial charge in [-0.2, -0.15) is 0 Å². The number of para-hydroxylation sites is 1. The van der Waals surface area contributed by atoms with Gasteiger partial charge in [0, 0.05) is 17.7 Å². The number of ketones is 1. The summed E-state index contributed by atoms with van der Waals surface area (Å²) in [5.74, 6) is -0.331. The zero-order chi connectivity index (χ0) is 17.8. The van der Waals surface area contributed by atoms with Gasteiger partial charge in [0.2, 0.25) is 5.78 Å². The maximum atomic E-state index is 12.4. The van der Waals surface area contributed by atoms with Crippen molar-refractivity contribution in [2.75, 3.05) is 0 Å². The maximum absolute atomic E-state index is 12.4. The second-order valence-corrected chi connectivity index (χ2v) is 5.68. The van der Waals surface area contributed by atoms with Crippen LogP contribution in [0.15, 0.2) is 67.1 Å². The lowest BCUT2D eigenvalue weighted by Gasteiger charge is -2.02. The van der Waals surface area contributed by atoms with Crippen LogP contribution in [0.25, 0.3) is 11.3 Å². The third-order valence-electron chi connectivity index (χ3n) is 3.81. The minimum Gasteiger partial charge on any atom is -0.289 e. The van der Waals surface area contributed by atoms with Gasteiger partial charge in [0.15, 0.2) is 12.2 Å². The predicted octanol–water partition coefficient (Wildman–Crippen LogP) is 3.71. The highest BCUT2D eigenvalue weighted by atomic mass is 79.9. The summed E-state index contributed by atoms with van der Waals surface area (Å²) in [6.07, 6.45) is 3.31. The number of carbonyl (C=O) groups excluding carboxylic acids is 1. The average Bonchev–Trinajstić information content (AvgIpc) is 2.62. The normalized spacial score (nSPS) is 10.0. The smallest absolute Gasteiger partial charge is 0.287 e. The predicted molar refractivity (Wildman–Crippen MR) is 102 cm³/mol. The number of nitrogens with zero attached hydrogens (tertiary/aromatic N) is 3. The molecule has 0 N–H and O–H groups in total. The molecular formula is C19H17BrN3O3+. The fourth-order valence-electron chi connectivity index (χ4n) is 2.57. The van der Waals surface area contributed by atoms with Gasteiger partial charge in [-0.25, -0.2) is 4.57 Å². The van der Waals surface area contributed by atoms with Crippen LogP contribution in [-0.4, -0.2) is 15.7 Å². The Morgan fingerprint density at radius 2 is 1.92 bits per heavy atom. The second-order valence-electron chi connectivity index (χ2n) is 5.68. The van der Waals surface area contributed by atoms with Crippen LogP contribution in [0.1, 0.15) is 15.9 Å². The molecule has 1 heterocycles. The maximum Gasteiger partial charge on any atom is 0.287 e. The van der Waals surface area contributed by atoms with Crippen LogP contribution in [0, 0.1) is 17.0 Å². The van der Waals surface area contributed by atoms with Gasteiger partial charge in [0.1, 0.15) is 0 Å². The lowest BCUT2D eigenvalue weighted by molar-refractivity contribution is -0.686. The van der Waals surface area contributed by atoms with Gasteiger partial charge in [-0.15, -0.1) is 17.0 Å². The Morgan fingerprint density at radius 1 is 1.15 bits per heavy atom. The fraction of sp³-hybridized carbons (Fsp3) is 0.105. The van der Waals surface area contributed by atoms with Crippen molar-refractivity contribution in [2.24, 2.45) is 0 Å². The van der Waals surface area contributed by atoms with Crippen LogP contribution >= 0.6 is 17.0 Å². The molecular weight excluding hydrogens is 398 g/mol. The van der Waals surface area contributed by atoms with E-state index in [4.69, 9.17) is 0 Å². The molecule has 7 heteroatoms. The first kappa shape index (κ1) is 19.4. The minimum absolute atomic E-state index is 0. The molecule has 2 aromatic carbocycles. The van der Waals surface area contributed by atoms with E-state index >= 15 is 0 Å². The summed E-state index contributed by atoms with van der Waals surface area (Å²) in [5, 5.41) is 11.0. The molecule has 0 amide bonds. The van der Waals surface area contributed by atoms with E-state index in [9.17, 15) is 14.9 Å². The standard InChI is InChI=1S/C19H16N3O3.BrH/c1-14-5-4-6-15(11-14)17-9-10-21(13-20-17)12-19(23)16-7-2-3-8-18(16)22(24)25;/h2-11,13H,12H2,1H3;1H/q+1;. The van der Waals surface area contributed by atoms with Gasteiger partial charge >= 0.3 is 0 Å². The van der Waals surface area contributed by atoms with Crippen LogP contribution in [-0.2, 0) is 6.54 Å². The molecule has 0 saturated heterocycles. The van der Waals surface area contributed by atoms with Crippen LogP contribution < -0.4 is 4.57 Å². The van der Waals surface area contributed by atoms with Crippen molar-refractivity contribution in [3.63, 3.8) is 0 Å². The molecule has 0 aliphatic rings. The van der Waals surface area contributed by atoms with Gasteiger partial charge in [-0.3, -0.25) is 14.9 Å². The van der Waals surface area contributed by atoms with E-state index in [1.54, 1.807) is 29.2 Å². The van der Waals surface area contributed by atoms with Crippen molar-refractivity contribution in [1.29, 1.82) is 0 Å². The number of rotatable bonds is 5. The van der Waals surface area contributed by atoms with Crippen molar-refractivity contribution in [3.8, 4) is 11.3 Å². The van der Waals surface area contributed by atoms with Crippen LogP contribution in [0.3, 0.4) is 0 Å². The molecule has 0 saturated carbocycles. The first-order valence-corrected chi connectivity index (χ1v) is 7.73. The molecule has 0 unspecified atom stereocenters. The second kappa shape index (κ2) is 8.44. The van der Waals surface area contributed by atoms with E-state index in [0.29, 0.717) is 0 Å². The molecule has 0 fully saturated rings. The Hall–Kier alpha value is -2.93. The van der Waals surface area contributed by atoms with Crippen molar-refractivity contribution in [1.82, 2.24) is 4.98 Å². The molecule has 0 aliphatic heterocycles. The number of hydrogen-bond donors (Lipinski definition) is 0. The van der Waals surface area contributed by atoms with E-state index in [1.807, 2.05) is 37.3 Å². The van der Waals surface area contributed by atoms with Gasteiger partial charge in [-0.1, -0.05) is 35.9 Å². The van der Waals surface area contributed by atoms with Crippen molar-refractivity contribution in [2.45, 2.75) is 13.5 Å². The molecule has 0 radical (unpaired) electrons. The van der Waals surface area contributed by atoms with Gasteiger partial charge in [0.05, 0.1) is 16.7 Å². The Bertz CT molecular complexity index is 943. The molecule has 0 aliphatic carbocycles. The first-order chi connectivity index (χ1) is 12.0. The number of benzene rings is 2. The quantitative estimate of drug-likeness (QED) is 0.276. The molecule has 0 atom stereocenters. The number of carbonyl (C=O) groups is 1. The number of halogens is 1. The monoisotopic (exact) mass is 414 g/mol. The van der Waals surface area contributed by atoms with E-state index < -0.39 is 4.92 Å². The van der Waals surface area contributed by atoms with Gasteiger partial charge < -0.3 is 0 Å². The van der Waals surface area contributed by atoms with Crippen LogP contribution in [0.5, 0.6) is 0 Å². The molecule has 3 rings (SSSR count). The minimum atomic E-state index is -0.545. The Labute approximate surface area is 161 Å². The van der Waals surface area contributed by atoms with Gasteiger partial charge in [-0.05, 0) is 24.0 Å². The third-order valence-corrected chi connectivity index (χ3v) is 3.81. The summed E-state index contributed by atoms with van der Waals surface area (Å²) in [6.45, 7) is 2.00. The number of nitro groups is 1. The highest BCUT2D eigenvalue weighted by molar-refractivity contribution is 8.93. The van der Waals surface area contributed by atoms with E-state index in [2.05, 4.69) is 4.98 Å². The molecule has 26 heavy (non-hydrogen) atoms. The highest BCUT2D eigenvalue weighted by Gasteiger charge is 2.21. The largest absolute Gasteiger partial charge is 0.289 e. The molecule has 0 spiro atoms. The van der Waals surface area contributed by atoms with Crippen molar-refractivity contribution in [3.05, 3.63) is 88.4 Å². The SMILES string of the molecule is Br.Cc1cccc(-c2cc[n+](CC(=O)c3ccccc3[N+](=O)[O-])cn2)c1. The summed E-state index contributed by atoms with van der Waals surface area (Å²) < 4.78 is 1.61. The molecule has 1 aromatic heterocycles. The number of aromatic nitrogens is 2. The average molecular weight is 415 g/mol. The van der Waals surface area contributed by atoms with E-state index in [1.165, 1.54) is 12.1 Å². The molecule has 132 valence electrons. The summed E-state index contributed by atoms with van der Waals surface area (Å²) in [7, 11) is 0. The van der Waals surface area contributed by atoms with Crippen LogP contribution in [0.2, 0.25) is 0 Å². The highest BCUT2D eigenvalue weighted by Crippen LogP contribution is 2.18. The Morgan fingerprint density at radius 3 is 2.58 bits per heavy atom. The molecule has 0 bridgehead atoms. The lowest BCUT2D eigenvalue weighted by Crippen LogP contribution is -2.37. The summed E-state index contributed by atoms with van der Waals surface area (Å²) in [5.41, 5.74) is 2.86. The fourth-order valence-corrected chi connectivity index (χ4v) is 2.57. The third kappa shape index (κ3) is 4.37. The van der Waals surface area contributed by atoms with E-state index in [0.717, 1.165) is 16.8 Å². The number of hydrogen-bond acceptors (Lipinski definition) is 4. The van der Waals surface area contributed by atoms with Crippen molar-refractivity contribution < 1.29 is 14.3 Å². The van der Waals surface area contributed by atoms with Gasteiger partial charge in [0.25, 0.3) is 12.0 Å². The molecule has 6 nitrogen and oxygen atoms in total. The topological polar surface area (TPSA) is 77.0 Å². The molecule has 3 aromatic rings. The number of nitro benzene ring substituents is 1. The number of aryl methyl sites for hydroxylation is 1. The van der Waals surface area contributed by atoms with Crippen molar-refractivity contribution >= 4 is 28.5 Å². The summed E-state index contributed by atoms with van der Waals surface area (Å²) in [6, 6.07) is 15.8. The zero-order valence-corrected chi connectivity index (χ0v) is 15.7. The Balaban J connectivity index is 0.00000243. The summed E-state index contributed by atoms with van der Waals surface area (Å²) >= 11 is 0. The van der Waals surface area contributed by atoms with E-state index in [-0.39, 0.29) is 40.6 Å². The zero-order valence-electron chi connectivity index (χ0n) is 14.0. The first-order valence-electron chi connectivity index (χ1n) is 7.73. The summed E-state index contributed by atoms with van der Waals surface area (Å²) in [4.78, 5) is 27.3. The Kier molecular flexibility index (Phi) is 6.30.